The van der Waals surface area contributed by atoms with E-state index in [0.717, 1.165) is 16.8 Å². The molecule has 0 radical (unpaired) electrons. The summed E-state index contributed by atoms with van der Waals surface area (Å²) in [6.07, 6.45) is 1.51. The van der Waals surface area contributed by atoms with Crippen LogP contribution in [0.25, 0.3) is 28.5 Å². The molecule has 0 aliphatic heterocycles. The van der Waals surface area contributed by atoms with Crippen LogP contribution in [0.4, 0.5) is 10.1 Å². The van der Waals surface area contributed by atoms with Gasteiger partial charge in [-0.05, 0) is 54.6 Å². The molecule has 9 nitrogen and oxygen atoms in total. The predicted molar refractivity (Wildman–Crippen MR) is 123 cm³/mol. The van der Waals surface area contributed by atoms with E-state index in [-0.39, 0.29) is 22.2 Å². The molecule has 0 spiro atoms. The van der Waals surface area contributed by atoms with E-state index in [2.05, 4.69) is 20.6 Å². The second-order valence-electron chi connectivity index (χ2n) is 7.16. The molecule has 3 aromatic heterocycles. The lowest BCUT2D eigenvalue weighted by atomic mass is 10.2. The summed E-state index contributed by atoms with van der Waals surface area (Å²) in [4.78, 5) is 29.7. The third kappa shape index (κ3) is 4.16. The van der Waals surface area contributed by atoms with Gasteiger partial charge in [-0.1, -0.05) is 28.4 Å². The molecule has 0 saturated carbocycles. The first-order chi connectivity index (χ1) is 16.4. The molecular weight excluding hydrogens is 486 g/mol. The van der Waals surface area contributed by atoms with E-state index < -0.39 is 24.0 Å². The topological polar surface area (TPSA) is 107 Å². The van der Waals surface area contributed by atoms with Crippen LogP contribution in [0.15, 0.2) is 70.1 Å². The molecule has 5 rings (SSSR count). The van der Waals surface area contributed by atoms with Crippen molar-refractivity contribution in [1.82, 2.24) is 24.3 Å². The molecule has 0 aliphatic rings. The number of nitrogens with zero attached hydrogens (tertiary/aromatic N) is 5. The maximum Gasteiger partial charge on any atom is 0.350 e. The Morgan fingerprint density at radius 3 is 2.68 bits per heavy atom. The largest absolute Gasteiger partial charge is 0.350 e. The highest BCUT2D eigenvalue weighted by molar-refractivity contribution is 6.33. The van der Waals surface area contributed by atoms with E-state index >= 15 is 0 Å². The molecule has 0 bridgehead atoms. The maximum absolute atomic E-state index is 13.2. The van der Waals surface area contributed by atoms with E-state index in [1.54, 1.807) is 36.4 Å². The number of hydrogen-bond acceptors (Lipinski definition) is 6. The number of amides is 1. The zero-order chi connectivity index (χ0) is 23.8. The van der Waals surface area contributed by atoms with E-state index in [9.17, 15) is 14.0 Å². The van der Waals surface area contributed by atoms with Gasteiger partial charge in [0.1, 0.15) is 12.4 Å². The fourth-order valence-electron chi connectivity index (χ4n) is 3.27. The summed E-state index contributed by atoms with van der Waals surface area (Å²) in [5.74, 6) is -0.614. The summed E-state index contributed by atoms with van der Waals surface area (Å²) >= 11 is 11.9. The van der Waals surface area contributed by atoms with Crippen LogP contribution in [0.2, 0.25) is 10.0 Å². The number of pyridine rings is 1. The predicted octanol–water partition coefficient (Wildman–Crippen LogP) is 4.30. The van der Waals surface area contributed by atoms with Gasteiger partial charge in [-0.3, -0.25) is 4.79 Å². The molecule has 1 N–H and O–H groups in total. The number of aromatic nitrogens is 5. The second kappa shape index (κ2) is 8.73. The monoisotopic (exact) mass is 498 g/mol. The van der Waals surface area contributed by atoms with Crippen molar-refractivity contribution in [1.29, 1.82) is 0 Å². The van der Waals surface area contributed by atoms with E-state index in [4.69, 9.17) is 27.7 Å². The summed E-state index contributed by atoms with van der Waals surface area (Å²) in [7, 11) is 0. The normalized spacial score (nSPS) is 11.1. The van der Waals surface area contributed by atoms with E-state index in [0.29, 0.717) is 22.0 Å². The van der Waals surface area contributed by atoms with Gasteiger partial charge in [0.25, 0.3) is 5.89 Å². The Hall–Kier alpha value is -4.02. The number of carbonyl (C=O) groups excluding carboxylic acids is 1. The number of halogens is 3. The van der Waals surface area contributed by atoms with Crippen LogP contribution in [0.1, 0.15) is 0 Å². The molecule has 0 aliphatic carbocycles. The minimum atomic E-state index is -0.566. The van der Waals surface area contributed by atoms with Gasteiger partial charge in [-0.25, -0.2) is 18.3 Å². The molecule has 0 unspecified atom stereocenters. The summed E-state index contributed by atoms with van der Waals surface area (Å²) in [6.45, 7) is -0.395. The first-order valence-electron chi connectivity index (χ1n) is 9.82. The smallest absolute Gasteiger partial charge is 0.333 e. The fourth-order valence-corrected chi connectivity index (χ4v) is 3.61. The van der Waals surface area contributed by atoms with Crippen LogP contribution in [0, 0.1) is 5.82 Å². The van der Waals surface area contributed by atoms with Gasteiger partial charge in [-0.2, -0.15) is 4.98 Å². The van der Waals surface area contributed by atoms with Gasteiger partial charge in [-0.15, -0.1) is 5.10 Å². The summed E-state index contributed by atoms with van der Waals surface area (Å²) in [6, 6.07) is 13.8. The fraction of sp³-hybridized carbons (Fsp3) is 0.0455. The number of hydrogen-bond donors (Lipinski definition) is 1. The maximum atomic E-state index is 13.2. The second-order valence-corrected chi connectivity index (χ2v) is 8.00. The van der Waals surface area contributed by atoms with Gasteiger partial charge in [0.15, 0.2) is 5.65 Å². The average Bonchev–Trinajstić information content (AvgIpc) is 3.42. The Labute approximate surface area is 200 Å². The number of carbonyl (C=O) groups is 1. The molecule has 170 valence electrons. The van der Waals surface area contributed by atoms with Gasteiger partial charge in [0, 0.05) is 16.8 Å². The van der Waals surface area contributed by atoms with Crippen molar-refractivity contribution < 1.29 is 13.7 Å². The highest BCUT2D eigenvalue weighted by atomic mass is 35.5. The lowest BCUT2D eigenvalue weighted by molar-refractivity contribution is -0.117. The van der Waals surface area contributed by atoms with E-state index in [1.165, 1.54) is 16.7 Å². The molecule has 1 amide bonds. The number of fused-ring (bicyclic) bond motifs is 1. The van der Waals surface area contributed by atoms with Crippen LogP contribution in [0.5, 0.6) is 0 Å². The number of rotatable bonds is 5. The van der Waals surface area contributed by atoms with Crippen molar-refractivity contribution in [2.75, 3.05) is 5.32 Å². The quantitative estimate of drug-likeness (QED) is 0.387. The highest BCUT2D eigenvalue weighted by Gasteiger charge is 2.19. The lowest BCUT2D eigenvalue weighted by Crippen LogP contribution is -2.28. The van der Waals surface area contributed by atoms with Crippen LogP contribution in [-0.4, -0.2) is 30.2 Å². The van der Waals surface area contributed by atoms with Gasteiger partial charge in [0.2, 0.25) is 11.7 Å². The van der Waals surface area contributed by atoms with Crippen LogP contribution < -0.4 is 11.0 Å². The first-order valence-corrected chi connectivity index (χ1v) is 10.6. The number of nitrogens with one attached hydrogen (secondary N) is 1. The molecular formula is C22H13Cl2FN6O3. The third-order valence-electron chi connectivity index (χ3n) is 4.87. The Bertz CT molecular complexity index is 1590. The lowest BCUT2D eigenvalue weighted by Gasteiger charge is -2.06. The number of benzene rings is 2. The van der Waals surface area contributed by atoms with Crippen molar-refractivity contribution in [2.24, 2.45) is 0 Å². The molecule has 5 aromatic rings. The van der Waals surface area contributed by atoms with Crippen molar-refractivity contribution in [3.63, 3.8) is 0 Å². The minimum absolute atomic E-state index is 0.0332. The minimum Gasteiger partial charge on any atom is -0.333 e. The zero-order valence-electron chi connectivity index (χ0n) is 17.1. The van der Waals surface area contributed by atoms with Gasteiger partial charge in [0.05, 0.1) is 16.3 Å². The van der Waals surface area contributed by atoms with Crippen LogP contribution >= 0.6 is 23.2 Å². The molecule has 0 atom stereocenters. The Morgan fingerprint density at radius 2 is 1.91 bits per heavy atom. The van der Waals surface area contributed by atoms with Crippen LogP contribution in [-0.2, 0) is 11.3 Å². The molecule has 3 heterocycles. The zero-order valence-corrected chi connectivity index (χ0v) is 18.6. The molecule has 0 saturated heterocycles. The summed E-state index contributed by atoms with van der Waals surface area (Å²) in [5, 5.41) is 11.4. The van der Waals surface area contributed by atoms with Crippen LogP contribution in [0.3, 0.4) is 0 Å². The first kappa shape index (κ1) is 21.8. The van der Waals surface area contributed by atoms with Crippen molar-refractivity contribution in [3.8, 4) is 22.8 Å². The summed E-state index contributed by atoms with van der Waals surface area (Å²) in [5.41, 5.74) is 1.01. The van der Waals surface area contributed by atoms with E-state index in [1.807, 2.05) is 0 Å². The molecule has 2 aromatic carbocycles. The number of anilines is 1. The van der Waals surface area contributed by atoms with Gasteiger partial charge >= 0.3 is 5.69 Å². The van der Waals surface area contributed by atoms with Crippen molar-refractivity contribution >= 4 is 40.4 Å². The van der Waals surface area contributed by atoms with Crippen molar-refractivity contribution in [3.05, 3.63) is 87.1 Å². The molecule has 34 heavy (non-hydrogen) atoms. The van der Waals surface area contributed by atoms with Crippen molar-refractivity contribution in [2.45, 2.75) is 6.54 Å². The Kier molecular flexibility index (Phi) is 5.60. The van der Waals surface area contributed by atoms with Gasteiger partial charge < -0.3 is 9.84 Å². The summed E-state index contributed by atoms with van der Waals surface area (Å²) < 4.78 is 20.9. The third-order valence-corrected chi connectivity index (χ3v) is 5.43. The SMILES string of the molecule is O=C(Cn1nc2c(-c3nc(-c4ccc(Cl)cc4)no3)cccn2c1=O)Nc1ccc(F)cc1Cl. The Balaban J connectivity index is 1.44. The Morgan fingerprint density at radius 1 is 1.12 bits per heavy atom. The standard InChI is InChI=1S/C22H13Cl2FN6O3/c23-13-5-3-12(4-6-13)19-27-21(34-29-19)15-2-1-9-30-20(15)28-31(22(30)33)11-18(32)26-17-8-7-14(25)10-16(17)24/h1-10H,11H2,(H,26,32). The highest BCUT2D eigenvalue weighted by Crippen LogP contribution is 2.25. The average molecular weight is 499 g/mol. The molecule has 0 fully saturated rings. The molecule has 12 heteroatoms.